The minimum absolute atomic E-state index is 0.101. The highest BCUT2D eigenvalue weighted by atomic mass is 16.5. The number of carbonyl (C=O) groups excluding carboxylic acids is 1. The van der Waals surface area contributed by atoms with Crippen molar-refractivity contribution in [2.75, 3.05) is 25.6 Å². The summed E-state index contributed by atoms with van der Waals surface area (Å²) in [5.74, 6) is 0.480. The fourth-order valence-electron chi connectivity index (χ4n) is 2.56. The first-order valence-corrected chi connectivity index (χ1v) is 7.22. The Kier molecular flexibility index (Phi) is 5.15. The van der Waals surface area contributed by atoms with Gasteiger partial charge >= 0.3 is 0 Å². The summed E-state index contributed by atoms with van der Waals surface area (Å²) in [4.78, 5) is 14.3. The van der Waals surface area contributed by atoms with Crippen molar-refractivity contribution in [2.24, 2.45) is 5.92 Å². The zero-order chi connectivity index (χ0) is 14.5. The van der Waals surface area contributed by atoms with Gasteiger partial charge < -0.3 is 10.1 Å². The summed E-state index contributed by atoms with van der Waals surface area (Å²) in [5.41, 5.74) is 3.53. The summed E-state index contributed by atoms with van der Waals surface area (Å²) in [7, 11) is 1.72. The third-order valence-electron chi connectivity index (χ3n) is 3.53. The zero-order valence-electron chi connectivity index (χ0n) is 12.6. The first-order chi connectivity index (χ1) is 9.60. The molecule has 0 radical (unpaired) electrons. The van der Waals surface area contributed by atoms with Crippen molar-refractivity contribution in [1.82, 2.24) is 4.90 Å². The van der Waals surface area contributed by atoms with Gasteiger partial charge in [0, 0.05) is 38.9 Å². The number of carbonyl (C=O) groups is 1. The average Bonchev–Trinajstić information content (AvgIpc) is 2.79. The second-order valence-corrected chi connectivity index (χ2v) is 5.79. The van der Waals surface area contributed by atoms with Crippen LogP contribution in [0.3, 0.4) is 0 Å². The molecule has 0 saturated carbocycles. The van der Waals surface area contributed by atoms with E-state index in [9.17, 15) is 4.79 Å². The molecule has 1 amide bonds. The molecule has 0 atom stereocenters. The molecule has 1 heterocycles. The Morgan fingerprint density at radius 2 is 2.20 bits per heavy atom. The molecular weight excluding hydrogens is 252 g/mol. The Hall–Kier alpha value is -1.39. The molecule has 0 spiro atoms. The van der Waals surface area contributed by atoms with E-state index in [4.69, 9.17) is 4.74 Å². The number of ether oxygens (including phenoxy) is 1. The van der Waals surface area contributed by atoms with Crippen molar-refractivity contribution in [2.45, 2.75) is 33.4 Å². The van der Waals surface area contributed by atoms with E-state index >= 15 is 0 Å². The fourth-order valence-corrected chi connectivity index (χ4v) is 2.56. The second-order valence-electron chi connectivity index (χ2n) is 5.79. The standard InChI is InChI=1S/C16H24N2O2/c1-12(2)9-16(19)17-15-6-4-5-13-10-18(7-8-20-3)11-14(13)15/h4-6,12H,7-11H2,1-3H3,(H,17,19). The van der Waals surface area contributed by atoms with Gasteiger partial charge in [-0.3, -0.25) is 9.69 Å². The summed E-state index contributed by atoms with van der Waals surface area (Å²) in [5, 5.41) is 3.05. The van der Waals surface area contributed by atoms with Crippen molar-refractivity contribution in [3.05, 3.63) is 29.3 Å². The Balaban J connectivity index is 2.03. The molecule has 1 aliphatic heterocycles. The van der Waals surface area contributed by atoms with Gasteiger partial charge in [0.05, 0.1) is 6.61 Å². The van der Waals surface area contributed by atoms with Crippen molar-refractivity contribution >= 4 is 11.6 Å². The lowest BCUT2D eigenvalue weighted by atomic mass is 10.1. The summed E-state index contributed by atoms with van der Waals surface area (Å²) in [6.45, 7) is 7.60. The van der Waals surface area contributed by atoms with Crippen LogP contribution in [0.1, 0.15) is 31.4 Å². The summed E-state index contributed by atoms with van der Waals surface area (Å²) >= 11 is 0. The Morgan fingerprint density at radius 3 is 2.90 bits per heavy atom. The number of methoxy groups -OCH3 is 1. The van der Waals surface area contributed by atoms with Crippen molar-refractivity contribution < 1.29 is 9.53 Å². The maximum atomic E-state index is 11.9. The number of hydrogen-bond donors (Lipinski definition) is 1. The fraction of sp³-hybridized carbons (Fsp3) is 0.562. The minimum Gasteiger partial charge on any atom is -0.383 e. The summed E-state index contributed by atoms with van der Waals surface area (Å²) in [6, 6.07) is 6.15. The Labute approximate surface area is 121 Å². The van der Waals surface area contributed by atoms with Gasteiger partial charge in [0.2, 0.25) is 5.91 Å². The molecule has 1 aliphatic rings. The van der Waals surface area contributed by atoms with Crippen LogP contribution in [-0.2, 0) is 22.6 Å². The quantitative estimate of drug-likeness (QED) is 0.868. The van der Waals surface area contributed by atoms with Gasteiger partial charge in [-0.15, -0.1) is 0 Å². The van der Waals surface area contributed by atoms with Gasteiger partial charge in [0.25, 0.3) is 0 Å². The van der Waals surface area contributed by atoms with E-state index in [0.717, 1.165) is 31.9 Å². The number of rotatable bonds is 6. The molecule has 1 N–H and O–H groups in total. The number of nitrogens with zero attached hydrogens (tertiary/aromatic N) is 1. The van der Waals surface area contributed by atoms with Crippen LogP contribution < -0.4 is 5.32 Å². The van der Waals surface area contributed by atoms with Gasteiger partial charge in [0.1, 0.15) is 0 Å². The minimum atomic E-state index is 0.101. The molecule has 0 bridgehead atoms. The van der Waals surface area contributed by atoms with Crippen LogP contribution in [0.15, 0.2) is 18.2 Å². The molecule has 0 unspecified atom stereocenters. The molecule has 0 aromatic heterocycles. The summed E-state index contributed by atoms with van der Waals surface area (Å²) in [6.07, 6.45) is 0.567. The normalized spacial score (nSPS) is 14.6. The van der Waals surface area contributed by atoms with Gasteiger partial charge in [-0.05, 0) is 23.1 Å². The monoisotopic (exact) mass is 276 g/mol. The van der Waals surface area contributed by atoms with E-state index in [1.165, 1.54) is 11.1 Å². The molecule has 20 heavy (non-hydrogen) atoms. The summed E-state index contributed by atoms with van der Waals surface area (Å²) < 4.78 is 5.13. The van der Waals surface area contributed by atoms with Crippen LogP contribution in [0.5, 0.6) is 0 Å². The molecule has 0 aliphatic carbocycles. The highest BCUT2D eigenvalue weighted by Crippen LogP contribution is 2.29. The molecule has 1 aromatic carbocycles. The molecule has 1 aromatic rings. The average molecular weight is 276 g/mol. The Morgan fingerprint density at radius 1 is 1.40 bits per heavy atom. The highest BCUT2D eigenvalue weighted by molar-refractivity contribution is 5.91. The van der Waals surface area contributed by atoms with Gasteiger partial charge in [-0.2, -0.15) is 0 Å². The van der Waals surface area contributed by atoms with Crippen LogP contribution in [-0.4, -0.2) is 31.1 Å². The van der Waals surface area contributed by atoms with Crippen LogP contribution >= 0.6 is 0 Å². The molecule has 2 rings (SSSR count). The number of fused-ring (bicyclic) bond motifs is 1. The van der Waals surface area contributed by atoms with Crippen molar-refractivity contribution in [3.8, 4) is 0 Å². The molecule has 4 heteroatoms. The van der Waals surface area contributed by atoms with Crippen LogP contribution in [0.25, 0.3) is 0 Å². The Bertz CT molecular complexity index is 472. The van der Waals surface area contributed by atoms with Gasteiger partial charge in [0.15, 0.2) is 0 Å². The number of amides is 1. The van der Waals surface area contributed by atoms with E-state index in [0.29, 0.717) is 12.3 Å². The molecular formula is C16H24N2O2. The van der Waals surface area contributed by atoms with E-state index in [2.05, 4.69) is 30.1 Å². The van der Waals surface area contributed by atoms with E-state index < -0.39 is 0 Å². The molecule has 0 fully saturated rings. The molecule has 4 nitrogen and oxygen atoms in total. The van der Waals surface area contributed by atoms with E-state index in [-0.39, 0.29) is 5.91 Å². The largest absolute Gasteiger partial charge is 0.383 e. The van der Waals surface area contributed by atoms with Crippen molar-refractivity contribution in [3.63, 3.8) is 0 Å². The maximum absolute atomic E-state index is 11.9. The van der Waals surface area contributed by atoms with Gasteiger partial charge in [-0.1, -0.05) is 26.0 Å². The van der Waals surface area contributed by atoms with Crippen LogP contribution in [0, 0.1) is 5.92 Å². The van der Waals surface area contributed by atoms with Crippen molar-refractivity contribution in [1.29, 1.82) is 0 Å². The lowest BCUT2D eigenvalue weighted by Crippen LogP contribution is -2.21. The molecule has 110 valence electrons. The number of hydrogen-bond acceptors (Lipinski definition) is 3. The predicted molar refractivity (Wildman–Crippen MR) is 80.5 cm³/mol. The van der Waals surface area contributed by atoms with E-state index in [1.807, 2.05) is 12.1 Å². The first-order valence-electron chi connectivity index (χ1n) is 7.22. The number of benzene rings is 1. The lowest BCUT2D eigenvalue weighted by molar-refractivity contribution is -0.116. The third-order valence-corrected chi connectivity index (χ3v) is 3.53. The SMILES string of the molecule is COCCN1Cc2cccc(NC(=O)CC(C)C)c2C1. The number of nitrogens with one attached hydrogen (secondary N) is 1. The predicted octanol–water partition coefficient (Wildman–Crippen LogP) is 2.63. The third kappa shape index (κ3) is 3.81. The van der Waals surface area contributed by atoms with Gasteiger partial charge in [-0.25, -0.2) is 0 Å². The topological polar surface area (TPSA) is 41.6 Å². The number of anilines is 1. The molecule has 0 saturated heterocycles. The second kappa shape index (κ2) is 6.86. The van der Waals surface area contributed by atoms with Crippen LogP contribution in [0.2, 0.25) is 0 Å². The lowest BCUT2D eigenvalue weighted by Gasteiger charge is -2.14. The van der Waals surface area contributed by atoms with E-state index in [1.54, 1.807) is 7.11 Å². The van der Waals surface area contributed by atoms with Crippen LogP contribution in [0.4, 0.5) is 5.69 Å². The maximum Gasteiger partial charge on any atom is 0.224 e. The first kappa shape index (κ1) is 15.0. The smallest absolute Gasteiger partial charge is 0.224 e. The zero-order valence-corrected chi connectivity index (χ0v) is 12.6. The highest BCUT2D eigenvalue weighted by Gasteiger charge is 2.21.